The summed E-state index contributed by atoms with van der Waals surface area (Å²) < 4.78 is 5.00. The molecule has 1 saturated heterocycles. The van der Waals surface area contributed by atoms with Gasteiger partial charge in [0.2, 0.25) is 0 Å². The molecule has 1 aromatic carbocycles. The second-order valence-electron chi connectivity index (χ2n) is 6.59. The van der Waals surface area contributed by atoms with E-state index in [1.165, 1.54) is 23.5 Å². The molecule has 150 valence electrons. The van der Waals surface area contributed by atoms with E-state index >= 15 is 0 Å². The van der Waals surface area contributed by atoms with Gasteiger partial charge in [0, 0.05) is 30.2 Å². The molecule has 1 aliphatic rings. The van der Waals surface area contributed by atoms with Crippen LogP contribution in [0.4, 0.5) is 11.4 Å². The van der Waals surface area contributed by atoms with Crippen molar-refractivity contribution in [2.75, 3.05) is 24.6 Å². The minimum Gasteiger partial charge on any atom is -0.454 e. The largest absolute Gasteiger partial charge is 0.454 e. The Balaban J connectivity index is 1.70. The number of carbonyl (C=O) groups is 2. The summed E-state index contributed by atoms with van der Waals surface area (Å²) in [5.74, 6) is -2.58. The molecular weight excluding hydrogens is 396 g/mol. The van der Waals surface area contributed by atoms with Gasteiger partial charge < -0.3 is 9.64 Å². The van der Waals surface area contributed by atoms with Crippen LogP contribution in [-0.4, -0.2) is 41.4 Å². The third-order valence-electron chi connectivity index (χ3n) is 4.53. The predicted octanol–water partition coefficient (Wildman–Crippen LogP) is 2.99. The van der Waals surface area contributed by atoms with Gasteiger partial charge in [0.25, 0.3) is 5.69 Å². The quantitative estimate of drug-likeness (QED) is 0.384. The Bertz CT molecular complexity index is 991. The summed E-state index contributed by atoms with van der Waals surface area (Å²) in [5.41, 5.74) is 0.955. The monoisotopic (exact) mass is 414 g/mol. The van der Waals surface area contributed by atoms with Crippen LogP contribution in [0.5, 0.6) is 0 Å². The minimum atomic E-state index is -1.12. The van der Waals surface area contributed by atoms with Gasteiger partial charge in [-0.25, -0.2) is 9.78 Å². The Hall–Kier alpha value is -3.32. The lowest BCUT2D eigenvalue weighted by molar-refractivity contribution is -0.384. The molecule has 0 amide bonds. The molecule has 0 aliphatic carbocycles. The normalized spacial score (nSPS) is 14.3. The Morgan fingerprint density at radius 1 is 1.41 bits per heavy atom. The minimum absolute atomic E-state index is 0.0222. The zero-order chi connectivity index (χ0) is 21.0. The summed E-state index contributed by atoms with van der Waals surface area (Å²) in [6, 6.07) is 6.00. The van der Waals surface area contributed by atoms with Gasteiger partial charge in [-0.3, -0.25) is 14.9 Å². The number of Topliss-reactive ketones (excluding diaryl/α,β-unsaturated/α-hetero) is 1. The van der Waals surface area contributed by atoms with E-state index in [0.717, 1.165) is 32.0 Å². The number of benzene rings is 1. The molecule has 1 atom stereocenters. The lowest BCUT2D eigenvalue weighted by atomic mass is 10.1. The van der Waals surface area contributed by atoms with E-state index in [0.29, 0.717) is 16.4 Å². The fourth-order valence-electron chi connectivity index (χ4n) is 3.10. The molecule has 29 heavy (non-hydrogen) atoms. The summed E-state index contributed by atoms with van der Waals surface area (Å²) in [4.78, 5) is 41.5. The van der Waals surface area contributed by atoms with E-state index in [1.807, 2.05) is 11.0 Å². The number of rotatable bonds is 7. The zero-order valence-corrected chi connectivity index (χ0v) is 16.5. The third-order valence-corrected chi connectivity index (χ3v) is 5.56. The number of thiazole rings is 1. The number of anilines is 1. The maximum Gasteiger partial charge on any atom is 0.338 e. The van der Waals surface area contributed by atoms with Crippen molar-refractivity contribution in [1.29, 1.82) is 5.26 Å². The molecule has 0 N–H and O–H groups in total. The molecule has 1 aromatic heterocycles. The standard InChI is InChI=1S/C19H18N4O5S/c1-12-11-29-18(21-12)14(9-20)17(24)10-28-19(25)13-4-5-15(16(8-13)23(26)27)22-6-2-3-7-22/h4-5,8,11,14H,2-3,6-7,10H2,1H3. The molecule has 10 heteroatoms. The van der Waals surface area contributed by atoms with Crippen molar-refractivity contribution in [3.8, 4) is 6.07 Å². The number of nitriles is 1. The highest BCUT2D eigenvalue weighted by molar-refractivity contribution is 7.09. The van der Waals surface area contributed by atoms with Gasteiger partial charge in [0.1, 0.15) is 10.7 Å². The molecular formula is C19H18N4O5S. The number of hydrogen-bond acceptors (Lipinski definition) is 9. The number of ether oxygens (including phenoxy) is 1. The van der Waals surface area contributed by atoms with Crippen LogP contribution >= 0.6 is 11.3 Å². The van der Waals surface area contributed by atoms with Crippen LogP contribution in [-0.2, 0) is 9.53 Å². The predicted molar refractivity (Wildman–Crippen MR) is 105 cm³/mol. The van der Waals surface area contributed by atoms with Crippen LogP contribution in [0.25, 0.3) is 0 Å². The Labute approximate surface area is 170 Å². The van der Waals surface area contributed by atoms with E-state index in [4.69, 9.17) is 4.74 Å². The maximum absolute atomic E-state index is 12.3. The van der Waals surface area contributed by atoms with Gasteiger partial charge in [0.05, 0.1) is 16.6 Å². The molecule has 0 bridgehead atoms. The molecule has 0 spiro atoms. The fraction of sp³-hybridized carbons (Fsp3) is 0.368. The highest BCUT2D eigenvalue weighted by Gasteiger charge is 2.27. The topological polar surface area (TPSA) is 126 Å². The number of carbonyl (C=O) groups excluding carboxylic acids is 2. The lowest BCUT2D eigenvalue weighted by Crippen LogP contribution is -2.21. The number of hydrogen-bond donors (Lipinski definition) is 0. The van der Waals surface area contributed by atoms with Crippen LogP contribution < -0.4 is 4.90 Å². The molecule has 1 unspecified atom stereocenters. The van der Waals surface area contributed by atoms with Crippen molar-refractivity contribution in [2.45, 2.75) is 25.7 Å². The second-order valence-corrected chi connectivity index (χ2v) is 7.48. The van der Waals surface area contributed by atoms with Crippen molar-refractivity contribution in [2.24, 2.45) is 0 Å². The first-order valence-corrected chi connectivity index (χ1v) is 9.83. The Morgan fingerprint density at radius 2 is 2.14 bits per heavy atom. The Morgan fingerprint density at radius 3 is 2.72 bits per heavy atom. The van der Waals surface area contributed by atoms with E-state index in [9.17, 15) is 25.0 Å². The van der Waals surface area contributed by atoms with Crippen molar-refractivity contribution >= 4 is 34.5 Å². The lowest BCUT2D eigenvalue weighted by Gasteiger charge is -2.17. The summed E-state index contributed by atoms with van der Waals surface area (Å²) in [6.07, 6.45) is 1.92. The van der Waals surface area contributed by atoms with Crippen LogP contribution in [0.2, 0.25) is 0 Å². The highest BCUT2D eigenvalue weighted by Crippen LogP contribution is 2.32. The van der Waals surface area contributed by atoms with Gasteiger partial charge in [-0.15, -0.1) is 11.3 Å². The zero-order valence-electron chi connectivity index (χ0n) is 15.7. The number of esters is 1. The van der Waals surface area contributed by atoms with Gasteiger partial charge >= 0.3 is 5.97 Å². The van der Waals surface area contributed by atoms with Gasteiger partial charge in [0.15, 0.2) is 18.3 Å². The van der Waals surface area contributed by atoms with Gasteiger partial charge in [-0.05, 0) is 31.9 Å². The Kier molecular flexibility index (Phi) is 6.19. The number of aryl methyl sites for hydroxylation is 1. The first-order valence-electron chi connectivity index (χ1n) is 8.95. The maximum atomic E-state index is 12.3. The van der Waals surface area contributed by atoms with Crippen molar-refractivity contribution in [3.63, 3.8) is 0 Å². The first-order chi connectivity index (χ1) is 13.9. The molecule has 0 saturated carbocycles. The van der Waals surface area contributed by atoms with Crippen molar-refractivity contribution in [3.05, 3.63) is 50.0 Å². The van der Waals surface area contributed by atoms with Crippen LogP contribution in [0.1, 0.15) is 39.8 Å². The van der Waals surface area contributed by atoms with Crippen LogP contribution in [0.3, 0.4) is 0 Å². The van der Waals surface area contributed by atoms with Gasteiger partial charge in [-0.1, -0.05) is 0 Å². The second kappa shape index (κ2) is 8.79. The number of nitrogens with zero attached hydrogens (tertiary/aromatic N) is 4. The summed E-state index contributed by atoms with van der Waals surface area (Å²) in [7, 11) is 0. The molecule has 9 nitrogen and oxygen atoms in total. The van der Waals surface area contributed by atoms with E-state index < -0.39 is 29.2 Å². The average molecular weight is 414 g/mol. The molecule has 2 heterocycles. The number of nitro groups is 1. The smallest absolute Gasteiger partial charge is 0.338 e. The summed E-state index contributed by atoms with van der Waals surface area (Å²) >= 11 is 1.19. The molecule has 1 aliphatic heterocycles. The van der Waals surface area contributed by atoms with Crippen molar-refractivity contribution < 1.29 is 19.2 Å². The van der Waals surface area contributed by atoms with Crippen LogP contribution in [0.15, 0.2) is 23.6 Å². The number of nitro benzene ring substituents is 1. The highest BCUT2D eigenvalue weighted by atomic mass is 32.1. The number of ketones is 1. The van der Waals surface area contributed by atoms with E-state index in [1.54, 1.807) is 12.3 Å². The number of aromatic nitrogens is 1. The summed E-state index contributed by atoms with van der Waals surface area (Å²) in [6.45, 7) is 2.59. The third kappa shape index (κ3) is 4.57. The molecule has 0 radical (unpaired) electrons. The molecule has 2 aromatic rings. The fourth-order valence-corrected chi connectivity index (χ4v) is 3.96. The van der Waals surface area contributed by atoms with Gasteiger partial charge in [-0.2, -0.15) is 5.26 Å². The SMILES string of the molecule is Cc1csc(C(C#N)C(=O)COC(=O)c2ccc(N3CCCC3)c([N+](=O)[O-])c2)n1. The van der Waals surface area contributed by atoms with E-state index in [-0.39, 0.29) is 11.3 Å². The van der Waals surface area contributed by atoms with Crippen LogP contribution in [0, 0.1) is 28.4 Å². The summed E-state index contributed by atoms with van der Waals surface area (Å²) in [5, 5.41) is 22.8. The molecule has 3 rings (SSSR count). The first kappa shape index (κ1) is 20.4. The molecule has 1 fully saturated rings. The van der Waals surface area contributed by atoms with Crippen molar-refractivity contribution in [1.82, 2.24) is 4.98 Å². The van der Waals surface area contributed by atoms with E-state index in [2.05, 4.69) is 4.98 Å². The average Bonchev–Trinajstić information content (AvgIpc) is 3.38.